The zero-order chi connectivity index (χ0) is 13.9. The van der Waals surface area contributed by atoms with E-state index >= 15 is 0 Å². The van der Waals surface area contributed by atoms with Gasteiger partial charge in [-0.15, -0.1) is 11.3 Å². The molecule has 2 aromatic carbocycles. The lowest BCUT2D eigenvalue weighted by atomic mass is 9.97. The number of fused-ring (bicyclic) bond motifs is 1. The highest BCUT2D eigenvalue weighted by atomic mass is 32.1. The van der Waals surface area contributed by atoms with E-state index in [2.05, 4.69) is 66.2 Å². The van der Waals surface area contributed by atoms with E-state index in [-0.39, 0.29) is 0 Å². The molecule has 1 aromatic heterocycles. The fourth-order valence-corrected chi connectivity index (χ4v) is 3.73. The van der Waals surface area contributed by atoms with Gasteiger partial charge in [0.05, 0.1) is 0 Å². The predicted octanol–water partition coefficient (Wildman–Crippen LogP) is 4.71. The van der Waals surface area contributed by atoms with E-state index in [4.69, 9.17) is 0 Å². The Kier molecular flexibility index (Phi) is 3.86. The van der Waals surface area contributed by atoms with Crippen molar-refractivity contribution in [3.63, 3.8) is 0 Å². The van der Waals surface area contributed by atoms with Crippen LogP contribution in [0.25, 0.3) is 10.1 Å². The Morgan fingerprint density at radius 2 is 1.95 bits per heavy atom. The molecular formula is C18H19NS. The first kappa shape index (κ1) is 13.3. The van der Waals surface area contributed by atoms with Crippen LogP contribution in [-0.2, 0) is 6.42 Å². The van der Waals surface area contributed by atoms with Crippen molar-refractivity contribution in [1.82, 2.24) is 5.32 Å². The van der Waals surface area contributed by atoms with Gasteiger partial charge in [0.2, 0.25) is 0 Å². The first-order valence-electron chi connectivity index (χ1n) is 6.97. The Morgan fingerprint density at radius 1 is 1.10 bits per heavy atom. The van der Waals surface area contributed by atoms with Crippen LogP contribution in [0.15, 0.2) is 53.9 Å². The summed E-state index contributed by atoms with van der Waals surface area (Å²) in [6.07, 6.45) is 1.03. The number of rotatable bonds is 4. The predicted molar refractivity (Wildman–Crippen MR) is 88.5 cm³/mol. The molecule has 1 atom stereocenters. The molecule has 2 heteroatoms. The smallest absolute Gasteiger partial charge is 0.0372 e. The summed E-state index contributed by atoms with van der Waals surface area (Å²) in [6, 6.07) is 17.8. The van der Waals surface area contributed by atoms with E-state index < -0.39 is 0 Å². The van der Waals surface area contributed by atoms with E-state index in [1.807, 2.05) is 18.4 Å². The molecule has 0 aliphatic heterocycles. The summed E-state index contributed by atoms with van der Waals surface area (Å²) < 4.78 is 1.37. The number of thiophene rings is 1. The van der Waals surface area contributed by atoms with Crippen molar-refractivity contribution >= 4 is 21.4 Å². The maximum atomic E-state index is 3.47. The monoisotopic (exact) mass is 281 g/mol. The normalized spacial score (nSPS) is 12.7. The van der Waals surface area contributed by atoms with Crippen LogP contribution in [0.4, 0.5) is 0 Å². The van der Waals surface area contributed by atoms with Crippen LogP contribution in [0.3, 0.4) is 0 Å². The van der Waals surface area contributed by atoms with Crippen molar-refractivity contribution in [3.8, 4) is 0 Å². The minimum absolute atomic E-state index is 0.368. The maximum absolute atomic E-state index is 3.47. The Labute approximate surface area is 124 Å². The van der Waals surface area contributed by atoms with Crippen LogP contribution >= 0.6 is 11.3 Å². The fourth-order valence-electron chi connectivity index (χ4n) is 2.71. The van der Waals surface area contributed by atoms with Crippen LogP contribution in [0.5, 0.6) is 0 Å². The largest absolute Gasteiger partial charge is 0.313 e. The summed E-state index contributed by atoms with van der Waals surface area (Å²) in [5.41, 5.74) is 4.13. The van der Waals surface area contributed by atoms with E-state index in [0.29, 0.717) is 6.04 Å². The second kappa shape index (κ2) is 5.78. The van der Waals surface area contributed by atoms with Crippen molar-refractivity contribution in [2.24, 2.45) is 0 Å². The average molecular weight is 281 g/mol. The minimum atomic E-state index is 0.368. The van der Waals surface area contributed by atoms with Gasteiger partial charge in [-0.25, -0.2) is 0 Å². The lowest BCUT2D eigenvalue weighted by molar-refractivity contribution is 0.597. The van der Waals surface area contributed by atoms with Gasteiger partial charge in [-0.2, -0.15) is 0 Å². The molecule has 0 saturated heterocycles. The summed E-state index contributed by atoms with van der Waals surface area (Å²) in [4.78, 5) is 0. The van der Waals surface area contributed by atoms with Crippen LogP contribution < -0.4 is 5.32 Å². The molecule has 0 bridgehead atoms. The van der Waals surface area contributed by atoms with Gasteiger partial charge in [0, 0.05) is 10.7 Å². The molecule has 1 N–H and O–H groups in total. The number of hydrogen-bond acceptors (Lipinski definition) is 2. The highest BCUT2D eigenvalue weighted by Gasteiger charge is 2.14. The molecule has 0 saturated carbocycles. The molecule has 0 aliphatic carbocycles. The Bertz CT molecular complexity index is 714. The van der Waals surface area contributed by atoms with E-state index in [9.17, 15) is 0 Å². The highest BCUT2D eigenvalue weighted by Crippen LogP contribution is 2.31. The summed E-state index contributed by atoms with van der Waals surface area (Å²) in [7, 11) is 2.05. The quantitative estimate of drug-likeness (QED) is 0.730. The Morgan fingerprint density at radius 3 is 2.75 bits per heavy atom. The molecule has 0 radical (unpaired) electrons. The van der Waals surface area contributed by atoms with Crippen LogP contribution in [0.1, 0.15) is 22.7 Å². The topological polar surface area (TPSA) is 12.0 Å². The lowest BCUT2D eigenvalue weighted by Gasteiger charge is -2.16. The minimum Gasteiger partial charge on any atom is -0.313 e. The van der Waals surface area contributed by atoms with Crippen molar-refractivity contribution in [2.45, 2.75) is 19.4 Å². The molecule has 0 fully saturated rings. The number of likely N-dealkylation sites (N-methyl/N-ethyl adjacent to an activating group) is 1. The maximum Gasteiger partial charge on any atom is 0.0372 e. The Hall–Kier alpha value is -1.64. The van der Waals surface area contributed by atoms with E-state index in [0.717, 1.165) is 6.42 Å². The second-order valence-corrected chi connectivity index (χ2v) is 6.13. The first-order chi connectivity index (χ1) is 9.78. The van der Waals surface area contributed by atoms with Gasteiger partial charge in [0.1, 0.15) is 0 Å². The molecular weight excluding hydrogens is 262 g/mol. The van der Waals surface area contributed by atoms with Crippen LogP contribution in [0, 0.1) is 6.92 Å². The first-order valence-corrected chi connectivity index (χ1v) is 7.85. The molecule has 1 heterocycles. The summed E-state index contributed by atoms with van der Waals surface area (Å²) in [5, 5.41) is 7.14. The number of nitrogens with one attached hydrogen (secondary N) is 1. The van der Waals surface area contributed by atoms with Crippen molar-refractivity contribution in [3.05, 3.63) is 70.6 Å². The Balaban J connectivity index is 1.93. The van der Waals surface area contributed by atoms with Gasteiger partial charge >= 0.3 is 0 Å². The van der Waals surface area contributed by atoms with Crippen molar-refractivity contribution in [2.75, 3.05) is 7.05 Å². The van der Waals surface area contributed by atoms with Crippen molar-refractivity contribution < 1.29 is 0 Å². The zero-order valence-corrected chi connectivity index (χ0v) is 12.7. The molecule has 0 spiro atoms. The van der Waals surface area contributed by atoms with Gasteiger partial charge in [0.25, 0.3) is 0 Å². The third-order valence-corrected chi connectivity index (χ3v) is 4.74. The number of hydrogen-bond donors (Lipinski definition) is 1. The molecule has 1 unspecified atom stereocenters. The highest BCUT2D eigenvalue weighted by molar-refractivity contribution is 7.17. The average Bonchev–Trinajstić information content (AvgIpc) is 2.89. The molecule has 0 aliphatic rings. The SMILES string of the molecule is CNC(Cc1cccc(C)c1)c1csc2ccccc12. The van der Waals surface area contributed by atoms with Crippen LogP contribution in [-0.4, -0.2) is 7.05 Å². The lowest BCUT2D eigenvalue weighted by Crippen LogP contribution is -2.18. The molecule has 0 amide bonds. The van der Waals surface area contributed by atoms with Gasteiger partial charge < -0.3 is 5.32 Å². The van der Waals surface area contributed by atoms with Gasteiger partial charge in [0.15, 0.2) is 0 Å². The number of benzene rings is 2. The number of aryl methyl sites for hydroxylation is 1. The van der Waals surface area contributed by atoms with Gasteiger partial charge in [-0.3, -0.25) is 0 Å². The van der Waals surface area contributed by atoms with Gasteiger partial charge in [-0.05, 0) is 48.4 Å². The zero-order valence-electron chi connectivity index (χ0n) is 11.9. The molecule has 3 aromatic rings. The van der Waals surface area contributed by atoms with E-state index in [1.54, 1.807) is 0 Å². The second-order valence-electron chi connectivity index (χ2n) is 5.22. The third kappa shape index (κ3) is 2.62. The molecule has 3 rings (SSSR count). The summed E-state index contributed by atoms with van der Waals surface area (Å²) in [6.45, 7) is 2.15. The molecule has 102 valence electrons. The standard InChI is InChI=1S/C18H19NS/c1-13-6-5-7-14(10-13)11-17(19-2)16-12-20-18-9-4-3-8-15(16)18/h3-10,12,17,19H,11H2,1-2H3. The fraction of sp³-hybridized carbons (Fsp3) is 0.222. The molecule has 1 nitrogen and oxygen atoms in total. The van der Waals surface area contributed by atoms with Crippen LogP contribution in [0.2, 0.25) is 0 Å². The van der Waals surface area contributed by atoms with E-state index in [1.165, 1.54) is 26.8 Å². The third-order valence-electron chi connectivity index (χ3n) is 3.76. The summed E-state index contributed by atoms with van der Waals surface area (Å²) in [5.74, 6) is 0. The van der Waals surface area contributed by atoms with Crippen molar-refractivity contribution in [1.29, 1.82) is 0 Å². The van der Waals surface area contributed by atoms with Gasteiger partial charge in [-0.1, -0.05) is 48.0 Å². The summed E-state index contributed by atoms with van der Waals surface area (Å²) >= 11 is 1.83. The molecule has 20 heavy (non-hydrogen) atoms.